The van der Waals surface area contributed by atoms with Crippen LogP contribution in [0.4, 0.5) is 0 Å². The standard InChI is InChI=1S/C18H28O4/c1-4-7-8-14(5-2)13-21-15-9-11-16(12-10-15)22-17(6-3)18(19)20/h9-12,14,17H,4-8,13H2,1-3H3,(H,19,20). The van der Waals surface area contributed by atoms with Crippen LogP contribution in [0, 0.1) is 5.92 Å². The molecule has 2 atom stereocenters. The second-order valence-electron chi connectivity index (χ2n) is 5.55. The maximum Gasteiger partial charge on any atom is 0.344 e. The van der Waals surface area contributed by atoms with Gasteiger partial charge in [-0.2, -0.15) is 0 Å². The number of ether oxygens (including phenoxy) is 2. The monoisotopic (exact) mass is 308 g/mol. The van der Waals surface area contributed by atoms with Gasteiger partial charge in [-0.25, -0.2) is 4.79 Å². The Hall–Kier alpha value is -1.71. The minimum atomic E-state index is -0.940. The predicted molar refractivity (Wildman–Crippen MR) is 87.6 cm³/mol. The van der Waals surface area contributed by atoms with Gasteiger partial charge >= 0.3 is 5.97 Å². The van der Waals surface area contributed by atoms with Gasteiger partial charge < -0.3 is 14.6 Å². The Morgan fingerprint density at radius 1 is 1.09 bits per heavy atom. The van der Waals surface area contributed by atoms with Gasteiger partial charge in [-0.1, -0.05) is 40.0 Å². The first-order valence-electron chi connectivity index (χ1n) is 8.22. The molecule has 0 saturated heterocycles. The maximum atomic E-state index is 10.9. The van der Waals surface area contributed by atoms with Gasteiger partial charge in [-0.15, -0.1) is 0 Å². The average Bonchev–Trinajstić information content (AvgIpc) is 2.53. The van der Waals surface area contributed by atoms with Crippen molar-refractivity contribution in [3.8, 4) is 11.5 Å². The van der Waals surface area contributed by atoms with Crippen LogP contribution in [0.3, 0.4) is 0 Å². The molecule has 2 unspecified atom stereocenters. The summed E-state index contributed by atoms with van der Waals surface area (Å²) in [6.07, 6.45) is 4.41. The molecule has 0 aliphatic rings. The number of unbranched alkanes of at least 4 members (excludes halogenated alkanes) is 1. The molecule has 0 aromatic heterocycles. The fourth-order valence-corrected chi connectivity index (χ4v) is 2.20. The average molecular weight is 308 g/mol. The lowest BCUT2D eigenvalue weighted by molar-refractivity contribution is -0.145. The number of carbonyl (C=O) groups is 1. The van der Waals surface area contributed by atoms with Gasteiger partial charge in [-0.05, 0) is 43.0 Å². The van der Waals surface area contributed by atoms with Crippen molar-refractivity contribution in [1.29, 1.82) is 0 Å². The molecule has 1 N–H and O–H groups in total. The Labute approximate surface area is 133 Å². The topological polar surface area (TPSA) is 55.8 Å². The normalized spacial score (nSPS) is 13.4. The largest absolute Gasteiger partial charge is 0.493 e. The van der Waals surface area contributed by atoms with Crippen molar-refractivity contribution in [2.24, 2.45) is 5.92 Å². The van der Waals surface area contributed by atoms with Crippen LogP contribution in [0.5, 0.6) is 11.5 Å². The highest BCUT2D eigenvalue weighted by Crippen LogP contribution is 2.21. The molecule has 0 heterocycles. The first kappa shape index (κ1) is 18.3. The molecule has 1 aromatic carbocycles. The lowest BCUT2D eigenvalue weighted by Gasteiger charge is -2.16. The van der Waals surface area contributed by atoms with Crippen LogP contribution in [-0.2, 0) is 4.79 Å². The molecule has 1 aromatic rings. The summed E-state index contributed by atoms with van der Waals surface area (Å²) in [4.78, 5) is 10.9. The lowest BCUT2D eigenvalue weighted by atomic mass is 10.0. The van der Waals surface area contributed by atoms with Crippen LogP contribution in [0.25, 0.3) is 0 Å². The molecule has 22 heavy (non-hydrogen) atoms. The Kier molecular flexibility index (Phi) is 8.41. The Bertz CT molecular complexity index is 427. The summed E-state index contributed by atoms with van der Waals surface area (Å²) in [6, 6.07) is 7.18. The highest BCUT2D eigenvalue weighted by Gasteiger charge is 2.16. The van der Waals surface area contributed by atoms with Crippen LogP contribution in [0.15, 0.2) is 24.3 Å². The van der Waals surface area contributed by atoms with Crippen LogP contribution < -0.4 is 9.47 Å². The smallest absolute Gasteiger partial charge is 0.344 e. The van der Waals surface area contributed by atoms with E-state index in [1.54, 1.807) is 19.1 Å². The summed E-state index contributed by atoms with van der Waals surface area (Å²) in [7, 11) is 0. The SMILES string of the molecule is CCCCC(CC)COc1ccc(OC(CC)C(=O)O)cc1. The van der Waals surface area contributed by atoms with E-state index in [4.69, 9.17) is 14.6 Å². The summed E-state index contributed by atoms with van der Waals surface area (Å²) in [6.45, 7) is 6.91. The van der Waals surface area contributed by atoms with Crippen LogP contribution in [0.2, 0.25) is 0 Å². The molecular weight excluding hydrogens is 280 g/mol. The molecule has 0 aliphatic carbocycles. The molecule has 0 bridgehead atoms. The zero-order chi connectivity index (χ0) is 16.4. The first-order chi connectivity index (χ1) is 10.6. The summed E-state index contributed by atoms with van der Waals surface area (Å²) in [5, 5.41) is 8.98. The van der Waals surface area contributed by atoms with Gasteiger partial charge in [-0.3, -0.25) is 0 Å². The molecule has 0 radical (unpaired) electrons. The molecule has 1 rings (SSSR count). The number of rotatable bonds is 11. The molecule has 0 spiro atoms. The van der Waals surface area contributed by atoms with E-state index in [1.807, 2.05) is 12.1 Å². The summed E-state index contributed by atoms with van der Waals surface area (Å²) < 4.78 is 11.2. The molecule has 0 saturated carbocycles. The van der Waals surface area contributed by atoms with E-state index in [1.165, 1.54) is 19.3 Å². The van der Waals surface area contributed by atoms with E-state index < -0.39 is 12.1 Å². The molecule has 0 fully saturated rings. The predicted octanol–water partition coefficient (Wildman–Crippen LogP) is 4.52. The number of carboxylic acids is 1. The maximum absolute atomic E-state index is 10.9. The number of benzene rings is 1. The van der Waals surface area contributed by atoms with Crippen molar-refractivity contribution in [2.45, 2.75) is 59.0 Å². The lowest BCUT2D eigenvalue weighted by Crippen LogP contribution is -2.25. The highest BCUT2D eigenvalue weighted by molar-refractivity contribution is 5.72. The third-order valence-electron chi connectivity index (χ3n) is 3.78. The molecule has 4 nitrogen and oxygen atoms in total. The Balaban J connectivity index is 2.49. The van der Waals surface area contributed by atoms with Gasteiger partial charge in [0.2, 0.25) is 0 Å². The summed E-state index contributed by atoms with van der Waals surface area (Å²) >= 11 is 0. The zero-order valence-corrected chi connectivity index (χ0v) is 13.9. The van der Waals surface area contributed by atoms with Crippen molar-refractivity contribution >= 4 is 5.97 Å². The summed E-state index contributed by atoms with van der Waals surface area (Å²) in [5.41, 5.74) is 0. The third-order valence-corrected chi connectivity index (χ3v) is 3.78. The Morgan fingerprint density at radius 2 is 1.73 bits per heavy atom. The van der Waals surface area contributed by atoms with E-state index in [0.29, 0.717) is 18.1 Å². The molecular formula is C18H28O4. The van der Waals surface area contributed by atoms with Crippen LogP contribution in [0.1, 0.15) is 52.9 Å². The zero-order valence-electron chi connectivity index (χ0n) is 13.9. The number of hydrogen-bond donors (Lipinski definition) is 1. The molecule has 0 aliphatic heterocycles. The van der Waals surface area contributed by atoms with Gasteiger partial charge in [0.15, 0.2) is 6.10 Å². The third kappa shape index (κ3) is 6.37. The van der Waals surface area contributed by atoms with E-state index in [-0.39, 0.29) is 0 Å². The highest BCUT2D eigenvalue weighted by atomic mass is 16.5. The van der Waals surface area contributed by atoms with Gasteiger partial charge in [0.25, 0.3) is 0 Å². The van der Waals surface area contributed by atoms with E-state index >= 15 is 0 Å². The Morgan fingerprint density at radius 3 is 2.23 bits per heavy atom. The van der Waals surface area contributed by atoms with E-state index in [2.05, 4.69) is 13.8 Å². The van der Waals surface area contributed by atoms with Gasteiger partial charge in [0, 0.05) is 0 Å². The molecule has 0 amide bonds. The van der Waals surface area contributed by atoms with Crippen molar-refractivity contribution in [1.82, 2.24) is 0 Å². The second kappa shape index (κ2) is 10.1. The van der Waals surface area contributed by atoms with Crippen LogP contribution in [-0.4, -0.2) is 23.8 Å². The number of hydrogen-bond acceptors (Lipinski definition) is 3. The fraction of sp³-hybridized carbons (Fsp3) is 0.611. The number of carboxylic acid groups (broad SMARTS) is 1. The summed E-state index contributed by atoms with van der Waals surface area (Å²) in [5.74, 6) is 1.00. The van der Waals surface area contributed by atoms with Gasteiger partial charge in [0.05, 0.1) is 6.61 Å². The molecule has 124 valence electrons. The fourth-order valence-electron chi connectivity index (χ4n) is 2.20. The van der Waals surface area contributed by atoms with Gasteiger partial charge in [0.1, 0.15) is 11.5 Å². The van der Waals surface area contributed by atoms with Crippen molar-refractivity contribution < 1.29 is 19.4 Å². The minimum Gasteiger partial charge on any atom is -0.493 e. The van der Waals surface area contributed by atoms with E-state index in [0.717, 1.165) is 18.8 Å². The van der Waals surface area contributed by atoms with Crippen molar-refractivity contribution in [3.63, 3.8) is 0 Å². The minimum absolute atomic E-state index is 0.434. The quantitative estimate of drug-likeness (QED) is 0.653. The second-order valence-corrected chi connectivity index (χ2v) is 5.55. The van der Waals surface area contributed by atoms with Crippen molar-refractivity contribution in [2.75, 3.05) is 6.61 Å². The first-order valence-corrected chi connectivity index (χ1v) is 8.22. The number of aliphatic carboxylic acids is 1. The van der Waals surface area contributed by atoms with E-state index in [9.17, 15) is 4.79 Å². The van der Waals surface area contributed by atoms with Crippen molar-refractivity contribution in [3.05, 3.63) is 24.3 Å². The molecule has 4 heteroatoms. The van der Waals surface area contributed by atoms with Crippen LogP contribution >= 0.6 is 0 Å².